The zero-order valence-electron chi connectivity index (χ0n) is 11.3. The number of rotatable bonds is 1. The third-order valence-electron chi connectivity index (χ3n) is 2.79. The van der Waals surface area contributed by atoms with Crippen LogP contribution in [0, 0.1) is 0 Å². The second-order valence-electron chi connectivity index (χ2n) is 5.32. The first kappa shape index (κ1) is 13.9. The van der Waals surface area contributed by atoms with E-state index in [9.17, 15) is 5.11 Å². The van der Waals surface area contributed by atoms with E-state index in [0.717, 1.165) is 0 Å². The lowest BCUT2D eigenvalue weighted by Crippen LogP contribution is -2.17. The van der Waals surface area contributed by atoms with E-state index < -0.39 is 0 Å². The molecule has 0 saturated heterocycles. The number of methoxy groups -OCH3 is 1. The normalized spacial score (nSPS) is 11.8. The van der Waals surface area contributed by atoms with Gasteiger partial charge in [0.2, 0.25) is 0 Å². The van der Waals surface area contributed by atoms with Crippen molar-refractivity contribution < 1.29 is 9.84 Å². The van der Waals surface area contributed by atoms with Crippen molar-refractivity contribution in [3.8, 4) is 11.5 Å². The predicted octanol–water partition coefficient (Wildman–Crippen LogP) is 2.99. The number of nitrogens with zero attached hydrogens (tertiary/aromatic N) is 2. The van der Waals surface area contributed by atoms with Crippen LogP contribution >= 0.6 is 15.9 Å². The molecular formula is C13H16BrN3O2. The Hall–Kier alpha value is -1.56. The molecular weight excluding hydrogens is 310 g/mol. The molecule has 0 fully saturated rings. The zero-order chi connectivity index (χ0) is 14.4. The third kappa shape index (κ3) is 2.32. The number of aromatic hydroxyl groups is 1. The molecule has 0 radical (unpaired) electrons. The van der Waals surface area contributed by atoms with Crippen molar-refractivity contribution in [3.05, 3.63) is 16.4 Å². The Morgan fingerprint density at radius 2 is 1.95 bits per heavy atom. The number of hydrogen-bond donors (Lipinski definition) is 2. The van der Waals surface area contributed by atoms with E-state index in [1.165, 1.54) is 7.11 Å². The molecule has 19 heavy (non-hydrogen) atoms. The van der Waals surface area contributed by atoms with Gasteiger partial charge in [-0.15, -0.1) is 0 Å². The van der Waals surface area contributed by atoms with Gasteiger partial charge in [-0.2, -0.15) is 0 Å². The molecule has 0 atom stereocenters. The molecule has 0 aliphatic heterocycles. The zero-order valence-corrected chi connectivity index (χ0v) is 12.9. The highest BCUT2D eigenvalue weighted by atomic mass is 79.9. The molecule has 2 rings (SSSR count). The molecule has 0 saturated carbocycles. The van der Waals surface area contributed by atoms with Crippen LogP contribution in [0.3, 0.4) is 0 Å². The fourth-order valence-corrected chi connectivity index (χ4v) is 2.20. The fraction of sp³-hybridized carbons (Fsp3) is 0.385. The number of fused-ring (bicyclic) bond motifs is 1. The summed E-state index contributed by atoms with van der Waals surface area (Å²) in [6, 6.07) is 1.64. The van der Waals surface area contributed by atoms with E-state index in [4.69, 9.17) is 10.5 Å². The smallest absolute Gasteiger partial charge is 0.174 e. The summed E-state index contributed by atoms with van der Waals surface area (Å²) >= 11 is 3.33. The van der Waals surface area contributed by atoms with Crippen molar-refractivity contribution in [3.63, 3.8) is 0 Å². The lowest BCUT2D eigenvalue weighted by atomic mass is 9.95. The Morgan fingerprint density at radius 3 is 2.47 bits per heavy atom. The van der Waals surface area contributed by atoms with Gasteiger partial charge in [0.25, 0.3) is 0 Å². The molecule has 102 valence electrons. The summed E-state index contributed by atoms with van der Waals surface area (Å²) < 4.78 is 5.55. The number of phenolic OH excluding ortho intramolecular Hbond substituents is 1. The predicted molar refractivity (Wildman–Crippen MR) is 78.6 cm³/mol. The maximum Gasteiger partial charge on any atom is 0.174 e. The number of aromatic nitrogens is 2. The number of ether oxygens (including phenoxy) is 1. The third-order valence-corrected chi connectivity index (χ3v) is 3.54. The molecule has 1 aromatic carbocycles. The van der Waals surface area contributed by atoms with Crippen LogP contribution in [0.5, 0.6) is 11.5 Å². The van der Waals surface area contributed by atoms with Gasteiger partial charge in [0.05, 0.1) is 17.1 Å². The summed E-state index contributed by atoms with van der Waals surface area (Å²) in [7, 11) is 1.48. The number of halogens is 1. The Bertz CT molecular complexity index is 651. The largest absolute Gasteiger partial charge is 0.503 e. The number of benzene rings is 1. The second-order valence-corrected chi connectivity index (χ2v) is 6.11. The van der Waals surface area contributed by atoms with E-state index in [1.54, 1.807) is 6.07 Å². The van der Waals surface area contributed by atoms with Gasteiger partial charge < -0.3 is 15.6 Å². The Morgan fingerprint density at radius 1 is 1.32 bits per heavy atom. The van der Waals surface area contributed by atoms with Crippen molar-refractivity contribution in [2.45, 2.75) is 26.2 Å². The average Bonchev–Trinajstić information content (AvgIpc) is 2.32. The van der Waals surface area contributed by atoms with E-state index >= 15 is 0 Å². The van der Waals surface area contributed by atoms with Crippen LogP contribution in [0.4, 0.5) is 5.82 Å². The topological polar surface area (TPSA) is 81.3 Å². The van der Waals surface area contributed by atoms with E-state index in [-0.39, 0.29) is 11.2 Å². The molecule has 0 aliphatic rings. The van der Waals surface area contributed by atoms with Crippen LogP contribution in [0.1, 0.15) is 26.6 Å². The Labute approximate surface area is 119 Å². The summed E-state index contributed by atoms with van der Waals surface area (Å²) in [5.41, 5.74) is 6.34. The summed E-state index contributed by atoms with van der Waals surface area (Å²) in [6.45, 7) is 6.01. The SMILES string of the molecule is COc1cc2c(N)nc(C(C)(C)C)nc2c(Br)c1O. The van der Waals surface area contributed by atoms with Gasteiger partial charge in [-0.05, 0) is 22.0 Å². The number of nitrogen functional groups attached to an aromatic ring is 1. The van der Waals surface area contributed by atoms with Crippen molar-refractivity contribution in [1.82, 2.24) is 9.97 Å². The molecule has 0 spiro atoms. The van der Waals surface area contributed by atoms with Crippen molar-refractivity contribution in [2.24, 2.45) is 0 Å². The summed E-state index contributed by atoms with van der Waals surface area (Å²) in [4.78, 5) is 8.82. The van der Waals surface area contributed by atoms with Crippen LogP contribution in [-0.2, 0) is 5.41 Å². The first-order chi connectivity index (χ1) is 8.75. The Balaban J connectivity index is 2.86. The van der Waals surface area contributed by atoms with Crippen LogP contribution < -0.4 is 10.5 Å². The lowest BCUT2D eigenvalue weighted by molar-refractivity contribution is 0.373. The van der Waals surface area contributed by atoms with Gasteiger partial charge in [-0.1, -0.05) is 20.8 Å². The van der Waals surface area contributed by atoms with Crippen LogP contribution in [-0.4, -0.2) is 22.2 Å². The molecule has 1 heterocycles. The molecule has 1 aromatic heterocycles. The van der Waals surface area contributed by atoms with Gasteiger partial charge in [0.1, 0.15) is 11.6 Å². The van der Waals surface area contributed by atoms with E-state index in [2.05, 4.69) is 25.9 Å². The van der Waals surface area contributed by atoms with Gasteiger partial charge in [-0.25, -0.2) is 9.97 Å². The maximum absolute atomic E-state index is 10.0. The minimum Gasteiger partial charge on any atom is -0.503 e. The van der Waals surface area contributed by atoms with Crippen LogP contribution in [0.15, 0.2) is 10.5 Å². The molecule has 3 N–H and O–H groups in total. The van der Waals surface area contributed by atoms with Gasteiger partial charge in [0, 0.05) is 10.8 Å². The van der Waals surface area contributed by atoms with Crippen LogP contribution in [0.25, 0.3) is 10.9 Å². The average molecular weight is 326 g/mol. The number of nitrogens with two attached hydrogens (primary N) is 1. The first-order valence-electron chi connectivity index (χ1n) is 5.79. The van der Waals surface area contributed by atoms with Crippen molar-refractivity contribution in [2.75, 3.05) is 12.8 Å². The van der Waals surface area contributed by atoms with Gasteiger partial charge in [-0.3, -0.25) is 0 Å². The van der Waals surface area contributed by atoms with Crippen molar-refractivity contribution >= 4 is 32.7 Å². The molecule has 0 aliphatic carbocycles. The second kappa shape index (κ2) is 4.52. The quantitative estimate of drug-likeness (QED) is 0.842. The molecule has 0 bridgehead atoms. The summed E-state index contributed by atoms with van der Waals surface area (Å²) in [5.74, 6) is 1.34. The summed E-state index contributed by atoms with van der Waals surface area (Å²) in [6.07, 6.45) is 0. The van der Waals surface area contributed by atoms with Gasteiger partial charge >= 0.3 is 0 Å². The maximum atomic E-state index is 10.0. The highest BCUT2D eigenvalue weighted by Crippen LogP contribution is 2.41. The minimum absolute atomic E-state index is 0.00737. The van der Waals surface area contributed by atoms with E-state index in [1.807, 2.05) is 20.8 Å². The van der Waals surface area contributed by atoms with Gasteiger partial charge in [0.15, 0.2) is 11.5 Å². The Kier molecular flexibility index (Phi) is 3.30. The molecule has 2 aromatic rings. The highest BCUT2D eigenvalue weighted by Gasteiger charge is 2.22. The van der Waals surface area contributed by atoms with Crippen LogP contribution in [0.2, 0.25) is 0 Å². The van der Waals surface area contributed by atoms with E-state index in [0.29, 0.717) is 32.8 Å². The number of anilines is 1. The molecule has 0 unspecified atom stereocenters. The summed E-state index contributed by atoms with van der Waals surface area (Å²) in [5, 5.41) is 10.7. The standard InChI is InChI=1S/C13H16BrN3O2/c1-13(2,3)12-16-9-6(11(15)17-12)5-7(19-4)10(18)8(9)14/h5,18H,1-4H3,(H2,15,16,17). The molecule has 0 amide bonds. The monoisotopic (exact) mass is 325 g/mol. The number of hydrogen-bond acceptors (Lipinski definition) is 5. The highest BCUT2D eigenvalue weighted by molar-refractivity contribution is 9.10. The molecule has 6 heteroatoms. The fourth-order valence-electron chi connectivity index (χ4n) is 1.71. The first-order valence-corrected chi connectivity index (χ1v) is 6.58. The molecule has 5 nitrogen and oxygen atoms in total. The van der Waals surface area contributed by atoms with Crippen molar-refractivity contribution in [1.29, 1.82) is 0 Å². The lowest BCUT2D eigenvalue weighted by Gasteiger charge is -2.18. The number of phenols is 1. The minimum atomic E-state index is -0.225.